The van der Waals surface area contributed by atoms with Gasteiger partial charge in [0, 0.05) is 12.2 Å². The fourth-order valence-electron chi connectivity index (χ4n) is 2.58. The number of unbranched alkanes of at least 4 members (excludes halogenated alkanes) is 4. The van der Waals surface area contributed by atoms with Crippen LogP contribution in [0.2, 0.25) is 0 Å². The van der Waals surface area contributed by atoms with Crippen LogP contribution in [0.25, 0.3) is 5.69 Å². The van der Waals surface area contributed by atoms with Gasteiger partial charge in [-0.1, -0.05) is 67.7 Å². The van der Waals surface area contributed by atoms with Crippen molar-refractivity contribution in [3.8, 4) is 5.69 Å². The van der Waals surface area contributed by atoms with E-state index >= 15 is 0 Å². The minimum Gasteiger partial charge on any atom is -0.287 e. The summed E-state index contributed by atoms with van der Waals surface area (Å²) in [6.45, 7) is 2.16. The first-order valence-corrected chi connectivity index (χ1v) is 11.9. The predicted octanol–water partition coefficient (Wildman–Crippen LogP) is 3.45. The van der Waals surface area contributed by atoms with Gasteiger partial charge < -0.3 is 0 Å². The molecular formula is C18H26N4O3S2. The molecule has 2 aromatic rings. The van der Waals surface area contributed by atoms with E-state index in [4.69, 9.17) is 0 Å². The van der Waals surface area contributed by atoms with E-state index < -0.39 is 9.84 Å². The molecule has 0 atom stereocenters. The van der Waals surface area contributed by atoms with Crippen molar-refractivity contribution in [1.29, 1.82) is 0 Å². The highest BCUT2D eigenvalue weighted by Crippen LogP contribution is 2.16. The van der Waals surface area contributed by atoms with E-state index in [1.807, 2.05) is 6.07 Å². The van der Waals surface area contributed by atoms with Gasteiger partial charge in [0.05, 0.1) is 11.4 Å². The van der Waals surface area contributed by atoms with Crippen molar-refractivity contribution in [3.05, 3.63) is 30.3 Å². The van der Waals surface area contributed by atoms with E-state index in [-0.39, 0.29) is 16.0 Å². The van der Waals surface area contributed by atoms with Gasteiger partial charge in [-0.2, -0.15) is 4.68 Å². The molecule has 0 unspecified atom stereocenters. The molecule has 1 aromatic heterocycles. The normalized spacial score (nSPS) is 11.6. The molecule has 1 heterocycles. The molecule has 0 aliphatic carbocycles. The first kappa shape index (κ1) is 21.6. The highest BCUT2D eigenvalue weighted by molar-refractivity contribution is 8.13. The van der Waals surface area contributed by atoms with Gasteiger partial charge in [-0.25, -0.2) is 8.42 Å². The molecule has 9 heteroatoms. The van der Waals surface area contributed by atoms with Gasteiger partial charge in [-0.15, -0.1) is 0 Å². The zero-order valence-electron chi connectivity index (χ0n) is 15.6. The van der Waals surface area contributed by atoms with Crippen LogP contribution in [0.3, 0.4) is 0 Å². The number of benzene rings is 1. The summed E-state index contributed by atoms with van der Waals surface area (Å²) in [5, 5.41) is 10.9. The Morgan fingerprint density at radius 1 is 1.07 bits per heavy atom. The lowest BCUT2D eigenvalue weighted by Gasteiger charge is -2.05. The molecule has 0 amide bonds. The van der Waals surface area contributed by atoms with Crippen LogP contribution in [-0.2, 0) is 14.6 Å². The summed E-state index contributed by atoms with van der Waals surface area (Å²) in [6, 6.07) is 8.89. The second kappa shape index (κ2) is 11.2. The number of rotatable bonds is 12. The third-order valence-electron chi connectivity index (χ3n) is 4.02. The Kier molecular flexibility index (Phi) is 8.93. The van der Waals surface area contributed by atoms with E-state index in [9.17, 15) is 13.2 Å². The number of carbonyl (C=O) groups is 1. The Bertz CT molecular complexity index is 807. The Labute approximate surface area is 164 Å². The fourth-order valence-corrected chi connectivity index (χ4v) is 4.84. The third kappa shape index (κ3) is 7.06. The number of hydrogen-bond donors (Lipinski definition) is 0. The smallest absolute Gasteiger partial charge is 0.272 e. The van der Waals surface area contributed by atoms with Crippen LogP contribution in [0.5, 0.6) is 0 Å². The molecule has 7 nitrogen and oxygen atoms in total. The van der Waals surface area contributed by atoms with Crippen LogP contribution < -0.4 is 0 Å². The van der Waals surface area contributed by atoms with Crippen LogP contribution in [0.1, 0.15) is 51.9 Å². The Morgan fingerprint density at radius 3 is 2.56 bits per heavy atom. The molecule has 0 bridgehead atoms. The zero-order valence-corrected chi connectivity index (χ0v) is 17.2. The van der Waals surface area contributed by atoms with Crippen LogP contribution in [0.4, 0.5) is 0 Å². The zero-order chi connectivity index (χ0) is 19.5. The van der Waals surface area contributed by atoms with Gasteiger partial charge in [-0.3, -0.25) is 4.79 Å². The number of nitrogens with zero attached hydrogens (tertiary/aromatic N) is 4. The summed E-state index contributed by atoms with van der Waals surface area (Å²) >= 11 is 1.22. The number of tetrazole rings is 1. The van der Waals surface area contributed by atoms with Gasteiger partial charge in [-0.05, 0) is 35.4 Å². The second-order valence-electron chi connectivity index (χ2n) is 6.27. The monoisotopic (exact) mass is 410 g/mol. The van der Waals surface area contributed by atoms with Crippen molar-refractivity contribution >= 4 is 26.7 Å². The van der Waals surface area contributed by atoms with Gasteiger partial charge in [0.15, 0.2) is 5.12 Å². The summed E-state index contributed by atoms with van der Waals surface area (Å²) in [7, 11) is -3.62. The quantitative estimate of drug-likeness (QED) is 0.495. The van der Waals surface area contributed by atoms with Crippen molar-refractivity contribution in [1.82, 2.24) is 20.2 Å². The minimum atomic E-state index is -3.62. The molecule has 0 saturated carbocycles. The van der Waals surface area contributed by atoms with E-state index in [2.05, 4.69) is 22.4 Å². The van der Waals surface area contributed by atoms with Crippen LogP contribution in [-0.4, -0.2) is 45.2 Å². The summed E-state index contributed by atoms with van der Waals surface area (Å²) in [5.74, 6) is 0.400. The molecule has 2 rings (SSSR count). The number of thioether (sulfide) groups is 1. The minimum absolute atomic E-state index is 0.0863. The summed E-state index contributed by atoms with van der Waals surface area (Å²) in [5.41, 5.74) is 0.591. The number of hydrogen-bond acceptors (Lipinski definition) is 7. The molecule has 27 heavy (non-hydrogen) atoms. The molecule has 0 radical (unpaired) electrons. The van der Waals surface area contributed by atoms with E-state index in [1.54, 1.807) is 24.3 Å². The maximum atomic E-state index is 12.5. The Hall–Kier alpha value is -1.74. The molecule has 0 aliphatic rings. The molecule has 148 valence electrons. The molecule has 0 saturated heterocycles. The highest BCUT2D eigenvalue weighted by Gasteiger charge is 2.23. The molecule has 0 N–H and O–H groups in total. The van der Waals surface area contributed by atoms with Gasteiger partial charge in [0.25, 0.3) is 5.16 Å². The lowest BCUT2D eigenvalue weighted by molar-refractivity contribution is -0.111. The first-order valence-electron chi connectivity index (χ1n) is 9.27. The Morgan fingerprint density at radius 2 is 1.81 bits per heavy atom. The topological polar surface area (TPSA) is 94.8 Å². The number of carbonyl (C=O) groups excluding carboxylic acids is 1. The summed E-state index contributed by atoms with van der Waals surface area (Å²) in [4.78, 5) is 11.8. The van der Waals surface area contributed by atoms with E-state index in [0.717, 1.165) is 12.8 Å². The summed E-state index contributed by atoms with van der Waals surface area (Å²) < 4.78 is 26.3. The van der Waals surface area contributed by atoms with Crippen LogP contribution >= 0.6 is 11.8 Å². The SMILES string of the molecule is CCCCCCCC(=O)SCCCS(=O)(=O)c1nnnn1-c1ccccc1. The molecular weight excluding hydrogens is 384 g/mol. The van der Waals surface area contributed by atoms with Crippen molar-refractivity contribution in [3.63, 3.8) is 0 Å². The van der Waals surface area contributed by atoms with E-state index in [1.165, 1.54) is 35.7 Å². The number of sulfone groups is 1. The lowest BCUT2D eigenvalue weighted by atomic mass is 10.1. The van der Waals surface area contributed by atoms with Gasteiger partial charge in [0.1, 0.15) is 0 Å². The molecule has 0 fully saturated rings. The maximum absolute atomic E-state index is 12.5. The average Bonchev–Trinajstić information content (AvgIpc) is 3.17. The van der Waals surface area contributed by atoms with Gasteiger partial charge >= 0.3 is 0 Å². The fraction of sp³-hybridized carbons (Fsp3) is 0.556. The van der Waals surface area contributed by atoms with Gasteiger partial charge in [0.2, 0.25) is 9.84 Å². The largest absolute Gasteiger partial charge is 0.287 e. The maximum Gasteiger partial charge on any atom is 0.272 e. The molecule has 0 spiro atoms. The second-order valence-corrected chi connectivity index (χ2v) is 9.42. The van der Waals surface area contributed by atoms with Crippen molar-refractivity contribution < 1.29 is 13.2 Å². The predicted molar refractivity (Wildman–Crippen MR) is 107 cm³/mol. The van der Waals surface area contributed by atoms with Crippen LogP contribution in [0.15, 0.2) is 35.5 Å². The van der Waals surface area contributed by atoms with Crippen molar-refractivity contribution in [2.75, 3.05) is 11.5 Å². The average molecular weight is 411 g/mol. The van der Waals surface area contributed by atoms with Crippen molar-refractivity contribution in [2.24, 2.45) is 0 Å². The van der Waals surface area contributed by atoms with Crippen LogP contribution in [0, 0.1) is 0 Å². The lowest BCUT2D eigenvalue weighted by Crippen LogP contribution is -2.15. The third-order valence-corrected chi connectivity index (χ3v) is 6.68. The molecule has 0 aliphatic heterocycles. The van der Waals surface area contributed by atoms with E-state index in [0.29, 0.717) is 24.3 Å². The highest BCUT2D eigenvalue weighted by atomic mass is 32.2. The molecule has 1 aromatic carbocycles. The number of para-hydroxylation sites is 1. The Balaban J connectivity index is 1.78. The van der Waals surface area contributed by atoms with Crippen molar-refractivity contribution in [2.45, 2.75) is 57.0 Å². The number of aromatic nitrogens is 4. The standard InChI is InChI=1S/C18H26N4O3S2/c1-2-3-4-5-9-13-17(23)26-14-10-15-27(24,25)18-19-20-21-22(18)16-11-7-6-8-12-16/h6-8,11-12H,2-5,9-10,13-15H2,1H3. The summed E-state index contributed by atoms with van der Waals surface area (Å²) in [6.07, 6.45) is 6.51. The first-order chi connectivity index (χ1) is 13.0.